The first kappa shape index (κ1) is 39.0. The van der Waals surface area contributed by atoms with Crippen LogP contribution in [0.15, 0.2) is 36.4 Å². The third kappa shape index (κ3) is 9.80. The van der Waals surface area contributed by atoms with Crippen LogP contribution >= 0.6 is 23.2 Å². The first-order valence-electron chi connectivity index (χ1n) is 18.3. The molecule has 13 heteroatoms. The monoisotopic (exact) mass is 745 g/mol. The van der Waals surface area contributed by atoms with Gasteiger partial charge in [0.1, 0.15) is 0 Å². The molecule has 0 unspecified atom stereocenters. The second-order valence-corrected chi connectivity index (χ2v) is 15.2. The second kappa shape index (κ2) is 17.5. The van der Waals surface area contributed by atoms with Crippen LogP contribution in [0.4, 0.5) is 15.3 Å². The third-order valence-corrected chi connectivity index (χ3v) is 11.8. The number of phenols is 1. The summed E-state index contributed by atoms with van der Waals surface area (Å²) in [5, 5.41) is 23.6. The highest BCUT2D eigenvalue weighted by atomic mass is 35.5. The number of nitrogens with one attached hydrogen (secondary N) is 1. The van der Waals surface area contributed by atoms with Crippen molar-refractivity contribution in [3.8, 4) is 5.75 Å². The molecule has 3 fully saturated rings. The molecule has 4 aliphatic heterocycles. The van der Waals surface area contributed by atoms with E-state index in [1.807, 2.05) is 34.9 Å². The average Bonchev–Trinajstić information content (AvgIpc) is 3.32. The smallest absolute Gasteiger partial charge is 0.409 e. The Kier molecular flexibility index (Phi) is 13.4. The number of piperidine rings is 3. The number of carbonyl (C=O) groups is 3. The molecule has 0 aliphatic carbocycles. The fraction of sp³-hybridized carbons (Fsp3) is 0.605. The normalized spacial score (nSPS) is 20.7. The Balaban J connectivity index is 0.000000205. The molecule has 0 radical (unpaired) electrons. The van der Waals surface area contributed by atoms with Gasteiger partial charge in [-0.15, -0.1) is 0 Å². The van der Waals surface area contributed by atoms with Gasteiger partial charge in [-0.25, -0.2) is 9.59 Å². The highest BCUT2D eigenvalue weighted by molar-refractivity contribution is 6.37. The van der Waals surface area contributed by atoms with Crippen molar-refractivity contribution in [2.75, 3.05) is 58.2 Å². The number of hydrogen-bond acceptors (Lipinski definition) is 7. The number of anilines is 1. The van der Waals surface area contributed by atoms with E-state index in [1.165, 1.54) is 12.7 Å². The number of hydrogen-bond donors (Lipinski definition) is 3. The lowest BCUT2D eigenvalue weighted by atomic mass is 9.87. The first-order valence-corrected chi connectivity index (χ1v) is 19.1. The van der Waals surface area contributed by atoms with Crippen LogP contribution in [0.2, 0.25) is 10.0 Å². The number of aliphatic hydroxyl groups is 1. The van der Waals surface area contributed by atoms with Crippen LogP contribution in [-0.2, 0) is 22.4 Å². The fourth-order valence-corrected chi connectivity index (χ4v) is 8.36. The summed E-state index contributed by atoms with van der Waals surface area (Å²) >= 11 is 12.0. The Morgan fingerprint density at radius 1 is 0.941 bits per heavy atom. The number of nitrogens with zero attached hydrogens (tertiary/aromatic N) is 4. The number of fused-ring (bicyclic) bond motifs is 1. The summed E-state index contributed by atoms with van der Waals surface area (Å²) in [7, 11) is 1.40. The minimum absolute atomic E-state index is 0.0403. The van der Waals surface area contributed by atoms with Gasteiger partial charge in [0.05, 0.1) is 22.8 Å². The Hall–Kier alpha value is -3.25. The Bertz CT molecular complexity index is 1500. The number of halogens is 2. The number of methoxy groups -OCH3 is 1. The summed E-state index contributed by atoms with van der Waals surface area (Å²) < 4.78 is 4.75. The molecule has 0 saturated carbocycles. The number of rotatable bonds is 6. The van der Waals surface area contributed by atoms with Crippen molar-refractivity contribution in [2.45, 2.75) is 89.3 Å². The van der Waals surface area contributed by atoms with Crippen molar-refractivity contribution in [1.82, 2.24) is 19.6 Å². The molecule has 11 nitrogen and oxygen atoms in total. The zero-order valence-electron chi connectivity index (χ0n) is 30.1. The number of urea groups is 1. The van der Waals surface area contributed by atoms with Crippen LogP contribution in [0, 0.1) is 5.92 Å². The van der Waals surface area contributed by atoms with E-state index < -0.39 is 5.60 Å². The summed E-state index contributed by atoms with van der Waals surface area (Å²) in [6.45, 7) is 9.41. The van der Waals surface area contributed by atoms with Crippen LogP contribution in [0.3, 0.4) is 0 Å². The summed E-state index contributed by atoms with van der Waals surface area (Å²) in [5.41, 5.74) is 2.44. The maximum Gasteiger partial charge on any atom is 0.409 e. The molecule has 280 valence electrons. The molecule has 4 amide bonds. The first-order chi connectivity index (χ1) is 24.4. The largest absolute Gasteiger partial charge is 0.505 e. The molecule has 2 aromatic carbocycles. The molecular formula is C38H53Cl2N5O6. The van der Waals surface area contributed by atoms with Crippen LogP contribution in [0.5, 0.6) is 5.75 Å². The van der Waals surface area contributed by atoms with Gasteiger partial charge in [-0.1, -0.05) is 55.2 Å². The number of phenolic OH excluding ortho intramolecular Hbond substituents is 1. The Labute approximate surface area is 311 Å². The number of likely N-dealkylation sites (tertiary alicyclic amines) is 3. The summed E-state index contributed by atoms with van der Waals surface area (Å²) in [6, 6.07) is 11.9. The van der Waals surface area contributed by atoms with E-state index in [4.69, 9.17) is 27.9 Å². The van der Waals surface area contributed by atoms with Crippen molar-refractivity contribution in [1.29, 1.82) is 0 Å². The number of aromatic hydroxyl groups is 1. The van der Waals surface area contributed by atoms with E-state index in [1.54, 1.807) is 17.0 Å². The maximum atomic E-state index is 12.9. The Morgan fingerprint density at radius 2 is 1.53 bits per heavy atom. The van der Waals surface area contributed by atoms with Gasteiger partial charge >= 0.3 is 12.1 Å². The van der Waals surface area contributed by atoms with Crippen LogP contribution in [0.1, 0.15) is 69.9 Å². The molecule has 3 saturated heterocycles. The molecule has 4 aliphatic rings. The zero-order valence-corrected chi connectivity index (χ0v) is 31.6. The van der Waals surface area contributed by atoms with Crippen molar-refractivity contribution >= 4 is 46.9 Å². The number of amides is 4. The SMILES string of the molecule is CCC1(O)CCN(C2CCN(C(=O)[C@H](C)Cc3cc(Cl)c(O)c(Cl)c3)CC2)CC1.COC(=O)N1CCC(N2CCc3ccccc3NC2=O)CC1. The molecule has 0 aromatic heterocycles. The van der Waals surface area contributed by atoms with Gasteiger partial charge in [-0.3, -0.25) is 4.79 Å². The molecule has 4 heterocycles. The molecule has 0 bridgehead atoms. The third-order valence-electron chi connectivity index (χ3n) is 11.2. The molecule has 1 atom stereocenters. The lowest BCUT2D eigenvalue weighted by Gasteiger charge is -2.44. The van der Waals surface area contributed by atoms with Gasteiger partial charge in [0.25, 0.3) is 0 Å². The molecular weight excluding hydrogens is 693 g/mol. The van der Waals surface area contributed by atoms with Crippen molar-refractivity contribution in [2.24, 2.45) is 5.92 Å². The lowest BCUT2D eigenvalue weighted by molar-refractivity contribution is -0.136. The highest BCUT2D eigenvalue weighted by Crippen LogP contribution is 2.34. The van der Waals surface area contributed by atoms with Gasteiger partial charge < -0.3 is 39.9 Å². The van der Waals surface area contributed by atoms with Gasteiger partial charge in [-0.05, 0) is 87.1 Å². The van der Waals surface area contributed by atoms with Crippen molar-refractivity contribution < 1.29 is 29.3 Å². The lowest BCUT2D eigenvalue weighted by Crippen LogP contribution is -2.52. The summed E-state index contributed by atoms with van der Waals surface area (Å²) in [5.74, 6) is -0.131. The number of ether oxygens (including phenoxy) is 1. The maximum absolute atomic E-state index is 12.9. The van der Waals surface area contributed by atoms with Gasteiger partial charge in [-0.2, -0.15) is 0 Å². The standard InChI is InChI=1S/C22H32Cl2N2O3.C16H21N3O3/c1-3-22(29)6-10-25(11-7-22)17-4-8-26(9-5-17)21(28)15(2)12-16-13-18(23)20(27)19(24)14-16;1-22-16(21)18-9-7-13(8-10-18)19-11-6-12-4-2-3-5-14(12)17-15(19)20/h13-15,17,27,29H,3-12H2,1-2H3;2-5,13H,6-11H2,1H3,(H,17,20)/t15-;/m1./s1. The average molecular weight is 747 g/mol. The minimum Gasteiger partial charge on any atom is -0.505 e. The van der Waals surface area contributed by atoms with E-state index in [0.717, 1.165) is 88.8 Å². The van der Waals surface area contributed by atoms with Crippen molar-refractivity contribution in [3.63, 3.8) is 0 Å². The second-order valence-electron chi connectivity index (χ2n) is 14.4. The van der Waals surface area contributed by atoms with E-state index in [2.05, 4.69) is 23.2 Å². The van der Waals surface area contributed by atoms with Crippen LogP contribution < -0.4 is 5.32 Å². The molecule has 51 heavy (non-hydrogen) atoms. The highest BCUT2D eigenvalue weighted by Gasteiger charge is 2.36. The fourth-order valence-electron chi connectivity index (χ4n) is 7.83. The number of carbonyl (C=O) groups excluding carboxylic acids is 3. The van der Waals surface area contributed by atoms with Gasteiger partial charge in [0.15, 0.2) is 5.75 Å². The predicted molar refractivity (Wildman–Crippen MR) is 200 cm³/mol. The van der Waals surface area contributed by atoms with E-state index in [0.29, 0.717) is 32.1 Å². The zero-order chi connectivity index (χ0) is 36.7. The van der Waals surface area contributed by atoms with E-state index >= 15 is 0 Å². The van der Waals surface area contributed by atoms with E-state index in [-0.39, 0.29) is 45.8 Å². The minimum atomic E-state index is -0.484. The molecule has 3 N–H and O–H groups in total. The van der Waals surface area contributed by atoms with Gasteiger partial charge in [0, 0.05) is 69.5 Å². The van der Waals surface area contributed by atoms with E-state index in [9.17, 15) is 24.6 Å². The number of para-hydroxylation sites is 1. The molecule has 0 spiro atoms. The van der Waals surface area contributed by atoms with Gasteiger partial charge in [0.2, 0.25) is 5.91 Å². The molecule has 6 rings (SSSR count). The molecule has 2 aromatic rings. The van der Waals surface area contributed by atoms with Crippen LogP contribution in [0.25, 0.3) is 0 Å². The topological polar surface area (TPSA) is 126 Å². The summed E-state index contributed by atoms with van der Waals surface area (Å²) in [4.78, 5) is 45.0. The van der Waals surface area contributed by atoms with Crippen molar-refractivity contribution in [3.05, 3.63) is 57.6 Å². The summed E-state index contributed by atoms with van der Waals surface area (Å²) in [6.07, 6.45) is 7.17. The Morgan fingerprint density at radius 3 is 2.14 bits per heavy atom. The quantitative estimate of drug-likeness (QED) is 0.312. The number of benzene rings is 2. The van der Waals surface area contributed by atoms with Crippen LogP contribution in [-0.4, -0.2) is 118 Å². The predicted octanol–water partition coefficient (Wildman–Crippen LogP) is 6.41.